The summed E-state index contributed by atoms with van der Waals surface area (Å²) in [4.78, 5) is 0. The monoisotopic (exact) mass is 394 g/mol. The number of epoxide rings is 1. The first-order valence-corrected chi connectivity index (χ1v) is 11.8. The van der Waals surface area contributed by atoms with Crippen molar-refractivity contribution in [3.8, 4) is 0 Å². The zero-order valence-electron chi connectivity index (χ0n) is 14.5. The first kappa shape index (κ1) is 19.6. The predicted molar refractivity (Wildman–Crippen MR) is 101 cm³/mol. The molecule has 0 spiro atoms. The summed E-state index contributed by atoms with van der Waals surface area (Å²) in [6, 6.07) is 8.22. The minimum atomic E-state index is -2.08. The van der Waals surface area contributed by atoms with Crippen LogP contribution in [-0.2, 0) is 9.16 Å². The summed E-state index contributed by atoms with van der Waals surface area (Å²) in [5.74, 6) is 0. The second-order valence-corrected chi connectivity index (χ2v) is 14.9. The Hall–Kier alpha value is 0.227. The molecule has 130 valence electrons. The Bertz CT molecular complexity index is 564. The molecule has 1 aromatic rings. The summed E-state index contributed by atoms with van der Waals surface area (Å²) >= 11 is 18.7. The van der Waals surface area contributed by atoms with Gasteiger partial charge in [-0.1, -0.05) is 85.4 Å². The Morgan fingerprint density at radius 1 is 1.17 bits per heavy atom. The topological polar surface area (TPSA) is 21.8 Å². The third-order valence-corrected chi connectivity index (χ3v) is 9.85. The van der Waals surface area contributed by atoms with Crippen LogP contribution in [0.3, 0.4) is 0 Å². The van der Waals surface area contributed by atoms with Crippen molar-refractivity contribution in [3.05, 3.63) is 35.4 Å². The molecule has 0 saturated carbocycles. The van der Waals surface area contributed by atoms with E-state index in [-0.39, 0.29) is 17.2 Å². The van der Waals surface area contributed by atoms with Gasteiger partial charge in [-0.15, -0.1) is 0 Å². The van der Waals surface area contributed by atoms with Crippen molar-refractivity contribution < 1.29 is 9.16 Å². The molecule has 0 N–H and O–H groups in total. The highest BCUT2D eigenvalue weighted by atomic mass is 35.6. The molecule has 23 heavy (non-hydrogen) atoms. The molecular formula is C17H25Cl3O2Si. The van der Waals surface area contributed by atoms with Gasteiger partial charge in [0.15, 0.2) is 8.32 Å². The van der Waals surface area contributed by atoms with Crippen LogP contribution < -0.4 is 0 Å². The maximum atomic E-state index is 6.39. The normalized spacial score (nSPS) is 23.7. The Morgan fingerprint density at radius 2 is 1.78 bits per heavy atom. The van der Waals surface area contributed by atoms with Crippen LogP contribution in [0.15, 0.2) is 24.3 Å². The first-order valence-electron chi connectivity index (χ1n) is 7.79. The zero-order valence-corrected chi connectivity index (χ0v) is 17.8. The highest BCUT2D eigenvalue weighted by molar-refractivity contribution is 6.74. The molecule has 1 aliphatic heterocycles. The van der Waals surface area contributed by atoms with Crippen molar-refractivity contribution in [1.29, 1.82) is 0 Å². The van der Waals surface area contributed by atoms with Crippen LogP contribution in [0.4, 0.5) is 0 Å². The fourth-order valence-electron chi connectivity index (χ4n) is 2.28. The maximum absolute atomic E-state index is 6.39. The highest BCUT2D eigenvalue weighted by Gasteiger charge is 2.56. The highest BCUT2D eigenvalue weighted by Crippen LogP contribution is 2.51. The van der Waals surface area contributed by atoms with Crippen molar-refractivity contribution in [2.75, 3.05) is 0 Å². The lowest BCUT2D eigenvalue weighted by Crippen LogP contribution is -2.49. The number of hydrogen-bond acceptors (Lipinski definition) is 2. The third-order valence-electron chi connectivity index (χ3n) is 4.74. The fraction of sp³-hybridized carbons (Fsp3) is 0.647. The van der Waals surface area contributed by atoms with E-state index in [0.29, 0.717) is 0 Å². The maximum Gasteiger partial charge on any atom is 0.217 e. The van der Waals surface area contributed by atoms with E-state index in [4.69, 9.17) is 44.0 Å². The van der Waals surface area contributed by atoms with Gasteiger partial charge < -0.3 is 9.16 Å². The Kier molecular flexibility index (Phi) is 5.53. The Morgan fingerprint density at radius 3 is 2.26 bits per heavy atom. The van der Waals surface area contributed by atoms with E-state index in [2.05, 4.69) is 52.9 Å². The average Bonchev–Trinajstić information content (AvgIpc) is 3.13. The second-order valence-electron chi connectivity index (χ2n) is 7.78. The quantitative estimate of drug-likeness (QED) is 0.344. The van der Waals surface area contributed by atoms with Crippen LogP contribution in [0.25, 0.3) is 0 Å². The molecule has 2 nitrogen and oxygen atoms in total. The van der Waals surface area contributed by atoms with E-state index in [9.17, 15) is 0 Å². The Labute approximate surface area is 155 Å². The van der Waals surface area contributed by atoms with Crippen LogP contribution in [0, 0.1) is 6.92 Å². The summed E-state index contributed by atoms with van der Waals surface area (Å²) in [7, 11) is -2.08. The lowest BCUT2D eigenvalue weighted by atomic mass is 10.1. The van der Waals surface area contributed by atoms with Gasteiger partial charge in [-0.2, -0.15) is 0 Å². The summed E-state index contributed by atoms with van der Waals surface area (Å²) in [6.45, 7) is 12.9. The molecule has 3 atom stereocenters. The molecule has 1 heterocycles. The third kappa shape index (κ3) is 4.65. The zero-order chi connectivity index (χ0) is 17.6. The molecule has 0 amide bonds. The summed E-state index contributed by atoms with van der Waals surface area (Å²) in [5, 5.41) is 0.0366. The van der Waals surface area contributed by atoms with E-state index >= 15 is 0 Å². The van der Waals surface area contributed by atoms with Crippen LogP contribution in [0.2, 0.25) is 18.1 Å². The number of ether oxygens (including phenoxy) is 1. The van der Waals surface area contributed by atoms with Crippen molar-refractivity contribution in [2.45, 2.75) is 67.9 Å². The molecular weight excluding hydrogens is 371 g/mol. The number of benzene rings is 1. The molecule has 1 aromatic carbocycles. The number of aryl methyl sites for hydroxylation is 1. The van der Waals surface area contributed by atoms with Crippen molar-refractivity contribution in [3.63, 3.8) is 0 Å². The van der Waals surface area contributed by atoms with Gasteiger partial charge in [-0.25, -0.2) is 0 Å². The van der Waals surface area contributed by atoms with Crippen LogP contribution in [0.5, 0.6) is 0 Å². The molecule has 2 rings (SSSR count). The van der Waals surface area contributed by atoms with Gasteiger partial charge in [-0.05, 0) is 30.6 Å². The molecule has 0 radical (unpaired) electrons. The standard InChI is InChI=1S/C17H25Cl3O2Si/c1-11-8-7-9-12(10-11)13-14(21-13)15(17(18,19)20)22-23(5,6)16(2,3)4/h7-10,13-15H,1-6H3/t13-,14+,15+/m0/s1. The van der Waals surface area contributed by atoms with Gasteiger partial charge in [0.05, 0.1) is 0 Å². The molecule has 1 fully saturated rings. The molecule has 1 aliphatic rings. The van der Waals surface area contributed by atoms with Gasteiger partial charge in [0, 0.05) is 0 Å². The van der Waals surface area contributed by atoms with E-state index in [1.165, 1.54) is 5.56 Å². The van der Waals surface area contributed by atoms with Crippen molar-refractivity contribution in [2.24, 2.45) is 0 Å². The molecule has 0 bridgehead atoms. The fourth-order valence-corrected chi connectivity index (χ4v) is 4.31. The molecule has 0 unspecified atom stereocenters. The summed E-state index contributed by atoms with van der Waals surface area (Å²) in [5.41, 5.74) is 2.29. The van der Waals surface area contributed by atoms with E-state index in [0.717, 1.165) is 5.56 Å². The molecule has 1 saturated heterocycles. The number of halogens is 3. The number of rotatable bonds is 4. The molecule has 6 heteroatoms. The SMILES string of the molecule is Cc1cccc([C@@H]2O[C@H]2[C@@H](O[Si](C)(C)C(C)(C)C)C(Cl)(Cl)Cl)c1. The van der Waals surface area contributed by atoms with Crippen molar-refractivity contribution in [1.82, 2.24) is 0 Å². The summed E-state index contributed by atoms with van der Waals surface area (Å²) < 4.78 is 10.7. The van der Waals surface area contributed by atoms with Crippen LogP contribution in [0.1, 0.15) is 38.0 Å². The number of hydrogen-bond donors (Lipinski definition) is 0. The van der Waals surface area contributed by atoms with E-state index in [1.807, 2.05) is 12.1 Å². The minimum absolute atomic E-state index is 0.0366. The smallest absolute Gasteiger partial charge is 0.217 e. The lowest BCUT2D eigenvalue weighted by molar-refractivity contribution is 0.145. The van der Waals surface area contributed by atoms with E-state index < -0.39 is 18.2 Å². The average molecular weight is 396 g/mol. The van der Waals surface area contributed by atoms with Gasteiger partial charge >= 0.3 is 0 Å². The van der Waals surface area contributed by atoms with Gasteiger partial charge in [0.1, 0.15) is 18.3 Å². The second kappa shape index (κ2) is 6.51. The van der Waals surface area contributed by atoms with Crippen LogP contribution in [-0.4, -0.2) is 24.3 Å². The van der Waals surface area contributed by atoms with Crippen LogP contribution >= 0.6 is 34.8 Å². The van der Waals surface area contributed by atoms with Gasteiger partial charge in [0.2, 0.25) is 3.79 Å². The molecule has 0 aliphatic carbocycles. The number of alkyl halides is 3. The Balaban J connectivity index is 2.19. The molecule has 0 aromatic heterocycles. The van der Waals surface area contributed by atoms with Gasteiger partial charge in [-0.3, -0.25) is 0 Å². The minimum Gasteiger partial charge on any atom is -0.407 e. The predicted octanol–water partition coefficient (Wildman–Crippen LogP) is 6.20. The summed E-state index contributed by atoms with van der Waals surface area (Å²) in [6.07, 6.45) is -0.863. The van der Waals surface area contributed by atoms with Gasteiger partial charge in [0.25, 0.3) is 0 Å². The van der Waals surface area contributed by atoms with Crippen molar-refractivity contribution >= 4 is 43.1 Å². The lowest BCUT2D eigenvalue weighted by Gasteiger charge is -2.40. The first-order chi connectivity index (χ1) is 10.3. The largest absolute Gasteiger partial charge is 0.407 e. The van der Waals surface area contributed by atoms with E-state index in [1.54, 1.807) is 0 Å².